The lowest BCUT2D eigenvalue weighted by Gasteiger charge is -2.27. The van der Waals surface area contributed by atoms with Crippen molar-refractivity contribution in [1.29, 1.82) is 0 Å². The van der Waals surface area contributed by atoms with E-state index in [9.17, 15) is 9.90 Å². The number of hydrogen-bond donors (Lipinski definition) is 4. The van der Waals surface area contributed by atoms with Gasteiger partial charge in [0.05, 0.1) is 5.69 Å². The highest BCUT2D eigenvalue weighted by Crippen LogP contribution is 2.29. The number of unbranched alkanes of at least 4 members (excludes halogenated alkanes) is 2. The van der Waals surface area contributed by atoms with Crippen LogP contribution in [-0.2, 0) is 4.79 Å². The van der Waals surface area contributed by atoms with E-state index in [4.69, 9.17) is 47.0 Å². The molecule has 0 fully saturated rings. The molecule has 0 aliphatic carbocycles. The summed E-state index contributed by atoms with van der Waals surface area (Å²) in [6, 6.07) is 6.55. The zero-order chi connectivity index (χ0) is 18.2. The fourth-order valence-electron chi connectivity index (χ4n) is 1.84. The van der Waals surface area contributed by atoms with Gasteiger partial charge < -0.3 is 21.1 Å². The smallest absolute Gasteiger partial charge is 0.228 e. The maximum absolute atomic E-state index is 11.9. The van der Waals surface area contributed by atoms with E-state index in [0.29, 0.717) is 12.1 Å². The summed E-state index contributed by atoms with van der Waals surface area (Å²) >= 11 is 22.8. The molecular weight excluding hydrogens is 393 g/mol. The molecule has 0 bridgehead atoms. The van der Waals surface area contributed by atoms with Crippen LogP contribution in [0.4, 0.5) is 5.69 Å². The number of phenolic OH excluding ortho intramolecular Hbond substituents is 1. The monoisotopic (exact) mass is 411 g/mol. The SMILES string of the molecule is CCCCCC(=O)N[C@@H](NC(=S)Nc1ccccc1O)C(Cl)(Cl)Cl. The third-order valence-corrected chi connectivity index (χ3v) is 3.94. The number of phenols is 1. The van der Waals surface area contributed by atoms with E-state index < -0.39 is 9.96 Å². The molecule has 1 aromatic carbocycles. The van der Waals surface area contributed by atoms with Crippen LogP contribution in [0.3, 0.4) is 0 Å². The molecule has 9 heteroatoms. The van der Waals surface area contributed by atoms with Gasteiger partial charge in [0.15, 0.2) is 5.11 Å². The van der Waals surface area contributed by atoms with E-state index in [1.807, 2.05) is 6.92 Å². The largest absolute Gasteiger partial charge is 0.506 e. The molecule has 0 radical (unpaired) electrons. The van der Waals surface area contributed by atoms with Gasteiger partial charge in [-0.25, -0.2) is 0 Å². The number of carbonyl (C=O) groups is 1. The number of amides is 1. The Hall–Kier alpha value is -0.950. The fraction of sp³-hybridized carbons (Fsp3) is 0.467. The first kappa shape index (κ1) is 21.1. The van der Waals surface area contributed by atoms with Crippen molar-refractivity contribution in [3.05, 3.63) is 24.3 Å². The second-order valence-corrected chi connectivity index (χ2v) is 7.89. The molecule has 1 rings (SSSR count). The van der Waals surface area contributed by atoms with Crippen molar-refractivity contribution in [2.45, 2.75) is 42.6 Å². The first-order valence-electron chi connectivity index (χ1n) is 7.45. The van der Waals surface area contributed by atoms with Crippen molar-refractivity contribution in [1.82, 2.24) is 10.6 Å². The van der Waals surface area contributed by atoms with Crippen LogP contribution in [0, 0.1) is 0 Å². The van der Waals surface area contributed by atoms with Gasteiger partial charge in [-0.1, -0.05) is 66.7 Å². The van der Waals surface area contributed by atoms with Gasteiger partial charge in [-0.2, -0.15) is 0 Å². The number of rotatable bonds is 7. The van der Waals surface area contributed by atoms with Crippen LogP contribution in [0.5, 0.6) is 5.75 Å². The molecule has 0 saturated heterocycles. The average Bonchev–Trinajstić information content (AvgIpc) is 2.48. The molecule has 0 aliphatic rings. The number of carbonyl (C=O) groups excluding carboxylic acids is 1. The molecule has 0 aliphatic heterocycles. The summed E-state index contributed by atoms with van der Waals surface area (Å²) in [6.45, 7) is 2.05. The summed E-state index contributed by atoms with van der Waals surface area (Å²) in [5, 5.41) is 17.9. The lowest BCUT2D eigenvalue weighted by atomic mass is 10.2. The van der Waals surface area contributed by atoms with Crippen molar-refractivity contribution in [3.8, 4) is 5.75 Å². The Morgan fingerprint density at radius 2 is 1.92 bits per heavy atom. The molecule has 5 nitrogen and oxygen atoms in total. The number of alkyl halides is 3. The lowest BCUT2D eigenvalue weighted by molar-refractivity contribution is -0.122. The molecule has 4 N–H and O–H groups in total. The van der Waals surface area contributed by atoms with Crippen molar-refractivity contribution < 1.29 is 9.90 Å². The Kier molecular flexibility index (Phi) is 8.91. The highest BCUT2D eigenvalue weighted by Gasteiger charge is 2.34. The van der Waals surface area contributed by atoms with E-state index >= 15 is 0 Å². The molecule has 1 amide bonds. The summed E-state index contributed by atoms with van der Waals surface area (Å²) < 4.78 is -1.80. The van der Waals surface area contributed by atoms with Crippen LogP contribution in [-0.4, -0.2) is 26.1 Å². The van der Waals surface area contributed by atoms with Crippen molar-refractivity contribution >= 4 is 63.7 Å². The lowest BCUT2D eigenvalue weighted by Crippen LogP contribution is -2.56. The predicted molar refractivity (Wildman–Crippen MR) is 104 cm³/mol. The zero-order valence-corrected chi connectivity index (χ0v) is 16.2. The summed E-state index contributed by atoms with van der Waals surface area (Å²) in [6.07, 6.45) is 2.05. The molecule has 1 atom stereocenters. The van der Waals surface area contributed by atoms with E-state index in [2.05, 4.69) is 16.0 Å². The minimum absolute atomic E-state index is 0.0238. The molecule has 1 aromatic rings. The van der Waals surface area contributed by atoms with E-state index in [1.165, 1.54) is 6.07 Å². The summed E-state index contributed by atoms with van der Waals surface area (Å²) in [5.41, 5.74) is 0.396. The number of thiocarbonyl (C=S) groups is 1. The van der Waals surface area contributed by atoms with Crippen LogP contribution in [0.1, 0.15) is 32.6 Å². The van der Waals surface area contributed by atoms with E-state index in [-0.39, 0.29) is 16.8 Å². The van der Waals surface area contributed by atoms with Gasteiger partial charge in [-0.15, -0.1) is 0 Å². The van der Waals surface area contributed by atoms with E-state index in [1.54, 1.807) is 18.2 Å². The topological polar surface area (TPSA) is 73.4 Å². The Bertz CT molecular complexity index is 567. The number of hydrogen-bond acceptors (Lipinski definition) is 3. The highest BCUT2D eigenvalue weighted by molar-refractivity contribution is 7.80. The fourth-order valence-corrected chi connectivity index (χ4v) is 2.39. The minimum Gasteiger partial charge on any atom is -0.506 e. The molecule has 0 saturated carbocycles. The second kappa shape index (κ2) is 10.1. The highest BCUT2D eigenvalue weighted by atomic mass is 35.6. The number of halogens is 3. The molecule has 0 unspecified atom stereocenters. The van der Waals surface area contributed by atoms with Crippen LogP contribution < -0.4 is 16.0 Å². The van der Waals surface area contributed by atoms with Crippen LogP contribution in [0.15, 0.2) is 24.3 Å². The predicted octanol–water partition coefficient (Wildman–Crippen LogP) is 4.07. The molecule has 134 valence electrons. The minimum atomic E-state index is -1.80. The standard InChI is InChI=1S/C15H20Cl3N3O2S/c1-2-3-4-9-12(23)20-13(15(16,17)18)21-14(24)19-10-7-5-6-8-11(10)22/h5-8,13,22H,2-4,9H2,1H3,(H,20,23)(H2,19,21,24)/t13-/m0/s1. The number of benzene rings is 1. The van der Waals surface area contributed by atoms with Crippen molar-refractivity contribution in [2.75, 3.05) is 5.32 Å². The second-order valence-electron chi connectivity index (χ2n) is 5.11. The maximum Gasteiger partial charge on any atom is 0.228 e. The van der Waals surface area contributed by atoms with Gasteiger partial charge in [0.2, 0.25) is 9.70 Å². The molecule has 0 spiro atoms. The van der Waals surface area contributed by atoms with Gasteiger partial charge in [0.1, 0.15) is 11.9 Å². The van der Waals surface area contributed by atoms with Gasteiger partial charge in [0.25, 0.3) is 0 Å². The number of para-hydroxylation sites is 2. The van der Waals surface area contributed by atoms with Gasteiger partial charge in [-0.05, 0) is 30.8 Å². The third-order valence-electron chi connectivity index (χ3n) is 3.07. The van der Waals surface area contributed by atoms with Crippen molar-refractivity contribution in [3.63, 3.8) is 0 Å². The van der Waals surface area contributed by atoms with Crippen LogP contribution in [0.25, 0.3) is 0 Å². The summed E-state index contributed by atoms with van der Waals surface area (Å²) in [5.74, 6) is -0.215. The maximum atomic E-state index is 11.9. The Morgan fingerprint density at radius 3 is 2.50 bits per heavy atom. The van der Waals surface area contributed by atoms with Gasteiger partial charge in [0, 0.05) is 6.42 Å². The zero-order valence-electron chi connectivity index (χ0n) is 13.1. The summed E-state index contributed by atoms with van der Waals surface area (Å²) in [7, 11) is 0. The first-order valence-corrected chi connectivity index (χ1v) is 8.99. The van der Waals surface area contributed by atoms with Crippen molar-refractivity contribution in [2.24, 2.45) is 0 Å². The average molecular weight is 413 g/mol. The number of aromatic hydroxyl groups is 1. The quantitative estimate of drug-likeness (QED) is 0.179. The van der Waals surface area contributed by atoms with Crippen LogP contribution in [0.2, 0.25) is 0 Å². The Morgan fingerprint density at radius 1 is 1.25 bits per heavy atom. The number of anilines is 1. The Balaban J connectivity index is 2.64. The third kappa shape index (κ3) is 7.75. The number of nitrogens with one attached hydrogen (secondary N) is 3. The molecular formula is C15H20Cl3N3O2S. The summed E-state index contributed by atoms with van der Waals surface area (Å²) in [4.78, 5) is 11.9. The molecule has 0 heterocycles. The van der Waals surface area contributed by atoms with Crippen LogP contribution >= 0.6 is 47.0 Å². The normalized spacial score (nSPS) is 12.3. The molecule has 24 heavy (non-hydrogen) atoms. The molecule has 0 aromatic heterocycles. The van der Waals surface area contributed by atoms with Gasteiger partial charge in [-0.3, -0.25) is 4.79 Å². The Labute approximate surface area is 162 Å². The van der Waals surface area contributed by atoms with Gasteiger partial charge >= 0.3 is 0 Å². The van der Waals surface area contributed by atoms with E-state index in [0.717, 1.165) is 19.3 Å². The first-order chi connectivity index (χ1) is 11.2.